The van der Waals surface area contributed by atoms with Crippen LogP contribution in [0.5, 0.6) is 5.75 Å². The second-order valence-electron chi connectivity index (χ2n) is 4.35. The van der Waals surface area contributed by atoms with E-state index < -0.39 is 4.92 Å². The van der Waals surface area contributed by atoms with Crippen molar-refractivity contribution in [1.29, 1.82) is 5.26 Å². The third-order valence-electron chi connectivity index (χ3n) is 2.99. The highest BCUT2D eigenvalue weighted by molar-refractivity contribution is 5.50. The number of nitriles is 1. The molecule has 0 bridgehead atoms. The molecule has 1 saturated heterocycles. The Kier molecular flexibility index (Phi) is 4.31. The number of ether oxygens (including phenoxy) is 2. The van der Waals surface area contributed by atoms with Gasteiger partial charge in [0.2, 0.25) is 0 Å². The first-order valence-electron chi connectivity index (χ1n) is 6.13. The van der Waals surface area contributed by atoms with Gasteiger partial charge in [0, 0.05) is 18.7 Å². The molecule has 1 fully saturated rings. The first-order valence-corrected chi connectivity index (χ1v) is 6.13. The van der Waals surface area contributed by atoms with Gasteiger partial charge < -0.3 is 9.47 Å². The number of benzene rings is 1. The molecule has 100 valence electrons. The summed E-state index contributed by atoms with van der Waals surface area (Å²) < 4.78 is 11.1. The normalized spacial score (nSPS) is 18.6. The fourth-order valence-corrected chi connectivity index (χ4v) is 1.97. The summed E-state index contributed by atoms with van der Waals surface area (Å²) in [5, 5.41) is 19.6. The summed E-state index contributed by atoms with van der Waals surface area (Å²) in [6, 6.07) is 5.92. The highest BCUT2D eigenvalue weighted by Gasteiger charge is 2.16. The van der Waals surface area contributed by atoms with Crippen molar-refractivity contribution >= 4 is 5.69 Å². The summed E-state index contributed by atoms with van der Waals surface area (Å²) >= 11 is 0. The predicted octanol–water partition coefficient (Wildman–Crippen LogP) is 2.41. The van der Waals surface area contributed by atoms with E-state index in [1.54, 1.807) is 0 Å². The lowest BCUT2D eigenvalue weighted by Gasteiger charge is -2.22. The van der Waals surface area contributed by atoms with Gasteiger partial charge >= 0.3 is 0 Å². The largest absolute Gasteiger partial charge is 0.489 e. The second kappa shape index (κ2) is 6.16. The second-order valence-corrected chi connectivity index (χ2v) is 4.35. The van der Waals surface area contributed by atoms with E-state index in [2.05, 4.69) is 0 Å². The van der Waals surface area contributed by atoms with E-state index >= 15 is 0 Å². The van der Waals surface area contributed by atoms with Gasteiger partial charge in [0.1, 0.15) is 24.0 Å². The van der Waals surface area contributed by atoms with Crippen LogP contribution in [0.2, 0.25) is 0 Å². The molecule has 0 N–H and O–H groups in total. The molecular formula is C13H14N2O4. The minimum Gasteiger partial charge on any atom is -0.489 e. The Morgan fingerprint density at radius 2 is 2.37 bits per heavy atom. The third kappa shape index (κ3) is 3.42. The minimum atomic E-state index is -0.533. The zero-order valence-corrected chi connectivity index (χ0v) is 10.4. The lowest BCUT2D eigenvalue weighted by molar-refractivity contribution is -0.384. The van der Waals surface area contributed by atoms with Crippen molar-refractivity contribution in [1.82, 2.24) is 0 Å². The van der Waals surface area contributed by atoms with Gasteiger partial charge in [0.25, 0.3) is 5.69 Å². The lowest BCUT2D eigenvalue weighted by atomic mass is 10.1. The topological polar surface area (TPSA) is 85.4 Å². The number of nitro groups is 1. The molecule has 1 atom stereocenters. The molecule has 1 heterocycles. The van der Waals surface area contributed by atoms with Crippen LogP contribution in [0.15, 0.2) is 18.2 Å². The minimum absolute atomic E-state index is 0.0375. The number of hydrogen-bond acceptors (Lipinski definition) is 5. The summed E-state index contributed by atoms with van der Waals surface area (Å²) in [4.78, 5) is 10.1. The Bertz CT molecular complexity index is 504. The maximum atomic E-state index is 10.6. The third-order valence-corrected chi connectivity index (χ3v) is 2.99. The van der Waals surface area contributed by atoms with Crippen molar-refractivity contribution in [3.05, 3.63) is 33.9 Å². The zero-order valence-electron chi connectivity index (χ0n) is 10.4. The highest BCUT2D eigenvalue weighted by Crippen LogP contribution is 2.24. The number of rotatable bonds is 4. The summed E-state index contributed by atoms with van der Waals surface area (Å²) in [6.07, 6.45) is 3.15. The monoisotopic (exact) mass is 262 g/mol. The maximum Gasteiger partial charge on any atom is 0.271 e. The molecule has 0 saturated carbocycles. The van der Waals surface area contributed by atoms with Crippen LogP contribution in [0, 0.1) is 21.4 Å². The van der Waals surface area contributed by atoms with Crippen molar-refractivity contribution in [2.24, 2.45) is 0 Å². The molecule has 0 amide bonds. The van der Waals surface area contributed by atoms with E-state index in [-0.39, 0.29) is 17.4 Å². The van der Waals surface area contributed by atoms with Crippen molar-refractivity contribution in [2.75, 3.05) is 13.2 Å². The Hall–Kier alpha value is -2.13. The molecule has 19 heavy (non-hydrogen) atoms. The molecule has 6 heteroatoms. The van der Waals surface area contributed by atoms with E-state index in [1.807, 2.05) is 6.07 Å². The van der Waals surface area contributed by atoms with E-state index in [0.29, 0.717) is 12.4 Å². The van der Waals surface area contributed by atoms with Gasteiger partial charge in [-0.25, -0.2) is 0 Å². The van der Waals surface area contributed by atoms with Crippen molar-refractivity contribution in [3.8, 4) is 11.8 Å². The molecule has 1 unspecified atom stereocenters. The number of nitrogens with zero attached hydrogens (tertiary/aromatic N) is 2. The van der Waals surface area contributed by atoms with Crippen molar-refractivity contribution < 1.29 is 14.4 Å². The summed E-state index contributed by atoms with van der Waals surface area (Å²) in [6.45, 7) is 1.10. The van der Waals surface area contributed by atoms with E-state index in [0.717, 1.165) is 25.9 Å². The van der Waals surface area contributed by atoms with Crippen LogP contribution in [-0.2, 0) is 4.74 Å². The van der Waals surface area contributed by atoms with E-state index in [4.69, 9.17) is 14.7 Å². The van der Waals surface area contributed by atoms with Gasteiger partial charge in [0.05, 0.1) is 11.0 Å². The van der Waals surface area contributed by atoms with Gasteiger partial charge in [-0.3, -0.25) is 10.1 Å². The van der Waals surface area contributed by atoms with E-state index in [9.17, 15) is 10.1 Å². The van der Waals surface area contributed by atoms with Crippen LogP contribution < -0.4 is 4.74 Å². The van der Waals surface area contributed by atoms with Gasteiger partial charge in [0.15, 0.2) is 0 Å². The van der Waals surface area contributed by atoms with Gasteiger partial charge in [-0.2, -0.15) is 5.26 Å². The Morgan fingerprint density at radius 1 is 1.53 bits per heavy atom. The standard InChI is InChI=1S/C13H14N2O4/c14-8-10-7-11(15(16)17)4-5-13(10)19-9-12-3-1-2-6-18-12/h4-5,7,12H,1-3,6,9H2. The lowest BCUT2D eigenvalue weighted by Crippen LogP contribution is -2.25. The Balaban J connectivity index is 2.03. The summed E-state index contributed by atoms with van der Waals surface area (Å²) in [5.41, 5.74) is 0.0582. The van der Waals surface area contributed by atoms with Gasteiger partial charge in [-0.05, 0) is 25.3 Å². The molecule has 0 aromatic heterocycles. The van der Waals surface area contributed by atoms with E-state index in [1.165, 1.54) is 18.2 Å². The van der Waals surface area contributed by atoms with Gasteiger partial charge in [-0.1, -0.05) is 0 Å². The van der Waals surface area contributed by atoms with Crippen LogP contribution in [0.3, 0.4) is 0 Å². The molecule has 6 nitrogen and oxygen atoms in total. The molecule has 1 aliphatic heterocycles. The molecule has 1 aromatic carbocycles. The number of non-ortho nitro benzene ring substituents is 1. The summed E-state index contributed by atoms with van der Waals surface area (Å²) in [5.74, 6) is 0.363. The van der Waals surface area contributed by atoms with Crippen LogP contribution in [0.1, 0.15) is 24.8 Å². The average molecular weight is 262 g/mol. The quantitative estimate of drug-likeness (QED) is 0.614. The van der Waals surface area contributed by atoms with Crippen LogP contribution in [0.25, 0.3) is 0 Å². The molecule has 1 aromatic rings. The molecule has 0 aliphatic carbocycles. The van der Waals surface area contributed by atoms with Crippen LogP contribution >= 0.6 is 0 Å². The molecule has 0 radical (unpaired) electrons. The first kappa shape index (κ1) is 13.3. The van der Waals surface area contributed by atoms with Gasteiger partial charge in [-0.15, -0.1) is 0 Å². The fourth-order valence-electron chi connectivity index (χ4n) is 1.97. The van der Waals surface area contributed by atoms with Crippen molar-refractivity contribution in [3.63, 3.8) is 0 Å². The molecule has 2 rings (SSSR count). The SMILES string of the molecule is N#Cc1cc([N+](=O)[O-])ccc1OCC1CCCCO1. The number of hydrogen-bond donors (Lipinski definition) is 0. The zero-order chi connectivity index (χ0) is 13.7. The predicted molar refractivity (Wildman–Crippen MR) is 66.9 cm³/mol. The summed E-state index contributed by atoms with van der Waals surface area (Å²) in [7, 11) is 0. The maximum absolute atomic E-state index is 10.6. The molecule has 0 spiro atoms. The Labute approximate surface area is 110 Å². The average Bonchev–Trinajstić information content (AvgIpc) is 2.45. The Morgan fingerprint density at radius 3 is 3.00 bits per heavy atom. The van der Waals surface area contributed by atoms with Crippen LogP contribution in [0.4, 0.5) is 5.69 Å². The molecule has 1 aliphatic rings. The van der Waals surface area contributed by atoms with Crippen LogP contribution in [-0.4, -0.2) is 24.2 Å². The first-order chi connectivity index (χ1) is 9.20. The molecular weight excluding hydrogens is 248 g/mol. The van der Waals surface area contributed by atoms with Crippen molar-refractivity contribution in [2.45, 2.75) is 25.4 Å². The highest BCUT2D eigenvalue weighted by atomic mass is 16.6. The fraction of sp³-hybridized carbons (Fsp3) is 0.462. The smallest absolute Gasteiger partial charge is 0.271 e. The number of nitro benzene ring substituents is 1.